The number of hydrogen-bond donors (Lipinski definition) is 0. The van der Waals surface area contributed by atoms with Gasteiger partial charge < -0.3 is 24.0 Å². The summed E-state index contributed by atoms with van der Waals surface area (Å²) < 4.78 is 43.3. The first-order chi connectivity index (χ1) is 15.3. The molecule has 0 N–H and O–H groups in total. The zero-order valence-electron chi connectivity index (χ0n) is 18.8. The van der Waals surface area contributed by atoms with Gasteiger partial charge >= 0.3 is 6.09 Å². The molecule has 2 heterocycles. The molecular weight excluding hydrogens is 438 g/mol. The SMILES string of the molecule is CCOC(=O)N1CCCC(C(=O)N2CCN(S(=O)(=O)c3cc(OC)ccc3OC)CC2)C1. The highest BCUT2D eigenvalue weighted by atomic mass is 32.2. The number of rotatable bonds is 6. The molecule has 1 atom stereocenters. The number of sulfonamides is 1. The van der Waals surface area contributed by atoms with Gasteiger partial charge in [0.2, 0.25) is 15.9 Å². The van der Waals surface area contributed by atoms with Crippen molar-refractivity contribution in [3.63, 3.8) is 0 Å². The van der Waals surface area contributed by atoms with Crippen LogP contribution in [-0.4, -0.2) is 94.6 Å². The Morgan fingerprint density at radius 3 is 2.38 bits per heavy atom. The van der Waals surface area contributed by atoms with Crippen LogP contribution in [0.1, 0.15) is 19.8 Å². The number of benzene rings is 1. The van der Waals surface area contributed by atoms with Crippen LogP contribution in [0.3, 0.4) is 0 Å². The van der Waals surface area contributed by atoms with Crippen LogP contribution in [-0.2, 0) is 19.6 Å². The molecule has 32 heavy (non-hydrogen) atoms. The van der Waals surface area contributed by atoms with E-state index in [4.69, 9.17) is 14.2 Å². The quantitative estimate of drug-likeness (QED) is 0.620. The van der Waals surface area contributed by atoms with Crippen molar-refractivity contribution in [1.82, 2.24) is 14.1 Å². The number of carbonyl (C=O) groups is 2. The maximum atomic E-state index is 13.2. The molecule has 2 aliphatic heterocycles. The van der Waals surface area contributed by atoms with Gasteiger partial charge in [-0.05, 0) is 31.9 Å². The van der Waals surface area contributed by atoms with Gasteiger partial charge in [0.25, 0.3) is 0 Å². The Bertz CT molecular complexity index is 929. The summed E-state index contributed by atoms with van der Waals surface area (Å²) in [6.45, 7) is 3.90. The van der Waals surface area contributed by atoms with Crippen LogP contribution in [0.5, 0.6) is 11.5 Å². The monoisotopic (exact) mass is 469 g/mol. The van der Waals surface area contributed by atoms with Crippen molar-refractivity contribution in [2.24, 2.45) is 5.92 Å². The summed E-state index contributed by atoms with van der Waals surface area (Å²) >= 11 is 0. The number of ether oxygens (including phenoxy) is 3. The molecule has 11 heteroatoms. The molecule has 178 valence electrons. The van der Waals surface area contributed by atoms with Gasteiger partial charge in [0.1, 0.15) is 16.4 Å². The molecule has 2 saturated heterocycles. The lowest BCUT2D eigenvalue weighted by Gasteiger charge is -2.38. The van der Waals surface area contributed by atoms with Gasteiger partial charge in [-0.1, -0.05) is 0 Å². The minimum absolute atomic E-state index is 0.0384. The fourth-order valence-electron chi connectivity index (χ4n) is 4.09. The van der Waals surface area contributed by atoms with E-state index in [9.17, 15) is 18.0 Å². The van der Waals surface area contributed by atoms with E-state index in [-0.39, 0.29) is 35.6 Å². The highest BCUT2D eigenvalue weighted by molar-refractivity contribution is 7.89. The summed E-state index contributed by atoms with van der Waals surface area (Å²) in [5, 5.41) is 0. The van der Waals surface area contributed by atoms with Gasteiger partial charge in [-0.2, -0.15) is 4.31 Å². The fourth-order valence-corrected chi connectivity index (χ4v) is 5.68. The predicted octanol–water partition coefficient (Wildman–Crippen LogP) is 1.41. The van der Waals surface area contributed by atoms with E-state index in [1.54, 1.807) is 28.9 Å². The van der Waals surface area contributed by atoms with E-state index in [0.717, 1.165) is 6.42 Å². The van der Waals surface area contributed by atoms with E-state index in [2.05, 4.69) is 0 Å². The number of methoxy groups -OCH3 is 2. The first-order valence-electron chi connectivity index (χ1n) is 10.7. The van der Waals surface area contributed by atoms with Crippen molar-refractivity contribution in [1.29, 1.82) is 0 Å². The molecule has 0 spiro atoms. The van der Waals surface area contributed by atoms with E-state index in [1.807, 2.05) is 0 Å². The summed E-state index contributed by atoms with van der Waals surface area (Å²) in [5.41, 5.74) is 0. The first kappa shape index (κ1) is 24.1. The number of amides is 2. The average Bonchev–Trinajstić information content (AvgIpc) is 2.83. The molecule has 2 fully saturated rings. The van der Waals surface area contributed by atoms with Crippen molar-refractivity contribution >= 4 is 22.0 Å². The molecule has 0 radical (unpaired) electrons. The largest absolute Gasteiger partial charge is 0.497 e. The first-order valence-corrected chi connectivity index (χ1v) is 12.2. The topological polar surface area (TPSA) is 106 Å². The average molecular weight is 470 g/mol. The van der Waals surface area contributed by atoms with Crippen LogP contribution in [0.25, 0.3) is 0 Å². The second kappa shape index (κ2) is 10.4. The zero-order valence-corrected chi connectivity index (χ0v) is 19.6. The lowest BCUT2D eigenvalue weighted by molar-refractivity contribution is -0.138. The van der Waals surface area contributed by atoms with Crippen molar-refractivity contribution in [2.45, 2.75) is 24.7 Å². The number of nitrogens with zero attached hydrogens (tertiary/aromatic N) is 3. The van der Waals surface area contributed by atoms with Crippen molar-refractivity contribution in [3.8, 4) is 11.5 Å². The summed E-state index contributed by atoms with van der Waals surface area (Å²) in [6.07, 6.45) is 1.04. The number of piperazine rings is 1. The third kappa shape index (κ3) is 5.09. The highest BCUT2D eigenvalue weighted by Gasteiger charge is 2.36. The second-order valence-corrected chi connectivity index (χ2v) is 9.64. The van der Waals surface area contributed by atoms with Crippen LogP contribution < -0.4 is 9.47 Å². The van der Waals surface area contributed by atoms with E-state index in [0.29, 0.717) is 45.0 Å². The standard InChI is InChI=1S/C21H31N3O7S/c1-4-31-21(26)23-9-5-6-16(15-23)20(25)22-10-12-24(13-11-22)32(27,28)19-14-17(29-2)7-8-18(19)30-3/h7-8,14,16H,4-6,9-13,15H2,1-3H3. The minimum Gasteiger partial charge on any atom is -0.497 e. The fraction of sp³-hybridized carbons (Fsp3) is 0.619. The smallest absolute Gasteiger partial charge is 0.409 e. The molecule has 1 aromatic rings. The molecule has 3 rings (SSSR count). The van der Waals surface area contributed by atoms with Crippen molar-refractivity contribution < 1.29 is 32.2 Å². The zero-order chi connectivity index (χ0) is 23.3. The van der Waals surface area contributed by atoms with Crippen LogP contribution in [0.15, 0.2) is 23.1 Å². The van der Waals surface area contributed by atoms with Gasteiger partial charge in [-0.25, -0.2) is 13.2 Å². The molecule has 2 aliphatic rings. The molecule has 10 nitrogen and oxygen atoms in total. The predicted molar refractivity (Wildman–Crippen MR) is 116 cm³/mol. The van der Waals surface area contributed by atoms with Crippen LogP contribution >= 0.6 is 0 Å². The molecule has 0 aliphatic carbocycles. The molecule has 0 aromatic heterocycles. The Balaban J connectivity index is 1.64. The summed E-state index contributed by atoms with van der Waals surface area (Å²) in [5.74, 6) is 0.317. The lowest BCUT2D eigenvalue weighted by atomic mass is 9.96. The molecular formula is C21H31N3O7S. The third-order valence-electron chi connectivity index (χ3n) is 5.84. The molecule has 1 aromatic carbocycles. The van der Waals surface area contributed by atoms with Gasteiger partial charge in [-0.3, -0.25) is 4.79 Å². The number of carbonyl (C=O) groups excluding carboxylic acids is 2. The van der Waals surface area contributed by atoms with Crippen LogP contribution in [0.2, 0.25) is 0 Å². The van der Waals surface area contributed by atoms with Gasteiger partial charge in [-0.15, -0.1) is 0 Å². The second-order valence-electron chi connectivity index (χ2n) is 7.73. The van der Waals surface area contributed by atoms with E-state index in [1.165, 1.54) is 24.6 Å². The number of piperidine rings is 1. The van der Waals surface area contributed by atoms with Crippen molar-refractivity contribution in [2.75, 3.05) is 60.1 Å². The summed E-state index contributed by atoms with van der Waals surface area (Å²) in [4.78, 5) is 28.3. The highest BCUT2D eigenvalue weighted by Crippen LogP contribution is 2.31. The van der Waals surface area contributed by atoms with Gasteiger partial charge in [0.15, 0.2) is 0 Å². The minimum atomic E-state index is -3.82. The lowest BCUT2D eigenvalue weighted by Crippen LogP contribution is -2.54. The van der Waals surface area contributed by atoms with Crippen molar-refractivity contribution in [3.05, 3.63) is 18.2 Å². The van der Waals surface area contributed by atoms with Crippen LogP contribution in [0, 0.1) is 5.92 Å². The van der Waals surface area contributed by atoms with E-state index >= 15 is 0 Å². The third-order valence-corrected chi connectivity index (χ3v) is 7.76. The maximum absolute atomic E-state index is 13.2. The summed E-state index contributed by atoms with van der Waals surface area (Å²) in [7, 11) is -0.930. The Kier molecular flexibility index (Phi) is 7.83. The Hall–Kier alpha value is -2.53. The number of hydrogen-bond acceptors (Lipinski definition) is 7. The Morgan fingerprint density at radius 1 is 1.03 bits per heavy atom. The molecule has 1 unspecified atom stereocenters. The normalized spacial score (nSPS) is 20.0. The Labute approximate surface area is 189 Å². The van der Waals surface area contributed by atoms with Crippen LogP contribution in [0.4, 0.5) is 4.79 Å². The Morgan fingerprint density at radius 2 is 1.75 bits per heavy atom. The number of likely N-dealkylation sites (tertiary alicyclic amines) is 1. The summed E-state index contributed by atoms with van der Waals surface area (Å²) in [6, 6.07) is 4.64. The van der Waals surface area contributed by atoms with Gasteiger partial charge in [0.05, 0.1) is 26.7 Å². The van der Waals surface area contributed by atoms with Gasteiger partial charge in [0, 0.05) is 45.3 Å². The molecule has 0 bridgehead atoms. The van der Waals surface area contributed by atoms with E-state index < -0.39 is 16.1 Å². The molecule has 0 saturated carbocycles. The molecule has 2 amide bonds. The maximum Gasteiger partial charge on any atom is 0.409 e.